The lowest BCUT2D eigenvalue weighted by Crippen LogP contribution is -2.38. The number of hydrogen-bond acceptors (Lipinski definition) is 5. The Kier molecular flexibility index (Phi) is 7.68. The minimum absolute atomic E-state index is 0.101. The van der Waals surface area contributed by atoms with Gasteiger partial charge in [0, 0.05) is 59.7 Å². The number of benzene rings is 2. The van der Waals surface area contributed by atoms with Crippen molar-refractivity contribution in [3.8, 4) is 5.69 Å². The maximum Gasteiger partial charge on any atom is 0.290 e. The lowest BCUT2D eigenvalue weighted by atomic mass is 10.1. The van der Waals surface area contributed by atoms with Gasteiger partial charge in [-0.1, -0.05) is 12.1 Å². The van der Waals surface area contributed by atoms with E-state index in [0.717, 1.165) is 28.0 Å². The zero-order valence-corrected chi connectivity index (χ0v) is 21.8. The van der Waals surface area contributed by atoms with Gasteiger partial charge in [-0.3, -0.25) is 19.4 Å². The first-order valence-corrected chi connectivity index (χ1v) is 12.7. The molecule has 0 bridgehead atoms. The Bertz CT molecular complexity index is 1660. The minimum atomic E-state index is -0.421. The molecule has 1 aliphatic heterocycles. The molecule has 0 saturated heterocycles. The van der Waals surface area contributed by atoms with E-state index in [1.54, 1.807) is 15.8 Å². The van der Waals surface area contributed by atoms with Crippen molar-refractivity contribution in [2.45, 2.75) is 20.0 Å². The highest BCUT2D eigenvalue weighted by Gasteiger charge is 2.30. The monoisotopic (exact) mass is 536 g/mol. The first-order valence-electron chi connectivity index (χ1n) is 12.7. The van der Waals surface area contributed by atoms with E-state index >= 15 is 0 Å². The molecule has 0 radical (unpaired) electrons. The summed E-state index contributed by atoms with van der Waals surface area (Å²) in [6, 6.07) is 22.9. The van der Waals surface area contributed by atoms with Gasteiger partial charge in [-0.2, -0.15) is 5.10 Å². The Morgan fingerprint density at radius 2 is 1.85 bits per heavy atom. The van der Waals surface area contributed by atoms with E-state index in [0.29, 0.717) is 30.9 Å². The lowest BCUT2D eigenvalue weighted by Gasteiger charge is -2.24. The van der Waals surface area contributed by atoms with Crippen molar-refractivity contribution in [3.05, 3.63) is 108 Å². The van der Waals surface area contributed by atoms with Gasteiger partial charge in [-0.25, -0.2) is 4.68 Å². The third kappa shape index (κ3) is 5.75. The smallest absolute Gasteiger partial charge is 0.290 e. The molecule has 202 valence electrons. The number of nitrogens with one attached hydrogen (secondary N) is 1. The standard InChI is InChI=1S/C29H26N6O2.CH2O2/c1-20-8-9-21-15-22(10-11-27(21)31-20)29(37)34-18-23(17-33-13-3-7-26(33)19-34)28(36)32-24-5-2-6-25(16-24)35-14-4-12-30-35;2-1-3/h2-16,23H,17-19H2,1H3,(H,32,36);1H,(H,2,3). The van der Waals surface area contributed by atoms with Crippen LogP contribution in [0.2, 0.25) is 0 Å². The fraction of sp³-hybridized carbons (Fsp3) is 0.167. The normalized spacial score (nSPS) is 14.4. The van der Waals surface area contributed by atoms with Crippen LogP contribution < -0.4 is 5.32 Å². The van der Waals surface area contributed by atoms with Crippen LogP contribution in [0, 0.1) is 12.8 Å². The number of rotatable bonds is 4. The van der Waals surface area contributed by atoms with Crippen molar-refractivity contribution in [2.75, 3.05) is 11.9 Å². The number of nitrogens with zero attached hydrogens (tertiary/aromatic N) is 5. The maximum absolute atomic E-state index is 13.7. The molecule has 5 aromatic rings. The maximum atomic E-state index is 13.7. The zero-order chi connectivity index (χ0) is 28.1. The van der Waals surface area contributed by atoms with Gasteiger partial charge in [0.1, 0.15) is 0 Å². The molecule has 0 fully saturated rings. The van der Waals surface area contributed by atoms with Crippen LogP contribution in [-0.2, 0) is 22.7 Å². The predicted molar refractivity (Wildman–Crippen MR) is 150 cm³/mol. The second kappa shape index (κ2) is 11.6. The van der Waals surface area contributed by atoms with Gasteiger partial charge in [0.25, 0.3) is 12.4 Å². The van der Waals surface area contributed by atoms with Gasteiger partial charge in [0.2, 0.25) is 5.91 Å². The van der Waals surface area contributed by atoms with E-state index in [4.69, 9.17) is 9.90 Å². The summed E-state index contributed by atoms with van der Waals surface area (Å²) in [7, 11) is 0. The summed E-state index contributed by atoms with van der Waals surface area (Å²) in [4.78, 5) is 41.8. The number of pyridine rings is 1. The molecule has 0 spiro atoms. The molecule has 2 aromatic carbocycles. The van der Waals surface area contributed by atoms with Gasteiger partial charge >= 0.3 is 0 Å². The molecule has 10 heteroatoms. The van der Waals surface area contributed by atoms with Crippen molar-refractivity contribution < 1.29 is 19.5 Å². The molecule has 0 aliphatic carbocycles. The second-order valence-corrected chi connectivity index (χ2v) is 9.49. The highest BCUT2D eigenvalue weighted by Crippen LogP contribution is 2.23. The average Bonchev–Trinajstić information content (AvgIpc) is 3.62. The number of anilines is 1. The molecule has 10 nitrogen and oxygen atoms in total. The summed E-state index contributed by atoms with van der Waals surface area (Å²) >= 11 is 0. The number of aromatic nitrogens is 4. The molecule has 2 N–H and O–H groups in total. The largest absolute Gasteiger partial charge is 0.483 e. The van der Waals surface area contributed by atoms with Gasteiger partial charge in [0.05, 0.1) is 23.7 Å². The first-order chi connectivity index (χ1) is 19.4. The number of carbonyl (C=O) groups excluding carboxylic acids is 2. The van der Waals surface area contributed by atoms with E-state index in [1.165, 1.54) is 0 Å². The van der Waals surface area contributed by atoms with Crippen LogP contribution in [-0.4, -0.2) is 54.2 Å². The highest BCUT2D eigenvalue weighted by molar-refractivity contribution is 5.99. The van der Waals surface area contributed by atoms with E-state index in [9.17, 15) is 9.59 Å². The molecule has 2 amide bonds. The number of fused-ring (bicyclic) bond motifs is 2. The van der Waals surface area contributed by atoms with E-state index in [1.807, 2.05) is 92.1 Å². The van der Waals surface area contributed by atoms with Gasteiger partial charge in [-0.15, -0.1) is 0 Å². The van der Waals surface area contributed by atoms with Crippen molar-refractivity contribution >= 4 is 34.9 Å². The SMILES string of the molecule is Cc1ccc2cc(C(=O)N3Cc4cccn4CC(C(=O)Nc4cccc(-n5cccn5)c4)C3)ccc2n1.O=CO. The first kappa shape index (κ1) is 26.4. The van der Waals surface area contributed by atoms with Crippen molar-refractivity contribution in [1.29, 1.82) is 0 Å². The Morgan fingerprint density at radius 3 is 2.65 bits per heavy atom. The second-order valence-electron chi connectivity index (χ2n) is 9.49. The van der Waals surface area contributed by atoms with E-state index < -0.39 is 5.92 Å². The molecule has 4 heterocycles. The van der Waals surface area contributed by atoms with Crippen LogP contribution in [0.1, 0.15) is 21.7 Å². The topological polar surface area (TPSA) is 122 Å². The van der Waals surface area contributed by atoms with Gasteiger partial charge < -0.3 is 19.9 Å². The summed E-state index contributed by atoms with van der Waals surface area (Å²) < 4.78 is 3.80. The van der Waals surface area contributed by atoms with Crippen LogP contribution in [0.25, 0.3) is 16.6 Å². The molecule has 6 rings (SSSR count). The van der Waals surface area contributed by atoms with Crippen LogP contribution in [0.15, 0.2) is 91.4 Å². The number of carbonyl (C=O) groups is 3. The molecule has 1 atom stereocenters. The average molecular weight is 537 g/mol. The van der Waals surface area contributed by atoms with Crippen molar-refractivity contribution in [3.63, 3.8) is 0 Å². The van der Waals surface area contributed by atoms with Crippen LogP contribution >= 0.6 is 0 Å². The summed E-state index contributed by atoms with van der Waals surface area (Å²) in [6.07, 6.45) is 5.53. The predicted octanol–water partition coefficient (Wildman–Crippen LogP) is 4.14. The quantitative estimate of drug-likeness (QED) is 0.333. The molecule has 1 unspecified atom stereocenters. The van der Waals surface area contributed by atoms with Crippen molar-refractivity contribution in [1.82, 2.24) is 24.2 Å². The lowest BCUT2D eigenvalue weighted by molar-refractivity contribution is -0.123. The number of amides is 2. The Balaban J connectivity index is 0.00000103. The summed E-state index contributed by atoms with van der Waals surface area (Å²) in [5, 5.41) is 15.1. The summed E-state index contributed by atoms with van der Waals surface area (Å²) in [5.41, 5.74) is 4.92. The van der Waals surface area contributed by atoms with Crippen molar-refractivity contribution in [2.24, 2.45) is 5.92 Å². The Morgan fingerprint density at radius 1 is 1.00 bits per heavy atom. The molecule has 1 aliphatic rings. The number of aryl methyl sites for hydroxylation is 1. The zero-order valence-electron chi connectivity index (χ0n) is 21.8. The Hall–Kier alpha value is -5.25. The fourth-order valence-electron chi connectivity index (χ4n) is 4.85. The van der Waals surface area contributed by atoms with Crippen LogP contribution in [0.4, 0.5) is 5.69 Å². The molecule has 40 heavy (non-hydrogen) atoms. The molecule has 0 saturated carbocycles. The fourth-order valence-corrected chi connectivity index (χ4v) is 4.85. The summed E-state index contributed by atoms with van der Waals surface area (Å²) in [6.45, 7) is 2.95. The minimum Gasteiger partial charge on any atom is -0.483 e. The summed E-state index contributed by atoms with van der Waals surface area (Å²) in [5.74, 6) is -0.651. The van der Waals surface area contributed by atoms with Gasteiger partial charge in [0.15, 0.2) is 0 Å². The van der Waals surface area contributed by atoms with Crippen LogP contribution in [0.3, 0.4) is 0 Å². The molecule has 3 aromatic heterocycles. The third-order valence-corrected chi connectivity index (χ3v) is 6.75. The number of carboxylic acid groups (broad SMARTS) is 1. The van der Waals surface area contributed by atoms with Gasteiger partial charge in [-0.05, 0) is 67.6 Å². The molecular formula is C30H28N6O4. The van der Waals surface area contributed by atoms with E-state index in [-0.39, 0.29) is 18.3 Å². The van der Waals surface area contributed by atoms with E-state index in [2.05, 4.69) is 20.0 Å². The third-order valence-electron chi connectivity index (χ3n) is 6.75. The number of hydrogen-bond donors (Lipinski definition) is 2. The molecular weight excluding hydrogens is 508 g/mol. The Labute approximate surface area is 230 Å². The highest BCUT2D eigenvalue weighted by atomic mass is 16.3. The van der Waals surface area contributed by atoms with Crippen LogP contribution in [0.5, 0.6) is 0 Å².